The molecule has 51 heavy (non-hydrogen) atoms. The quantitative estimate of drug-likeness (QED) is 0.0496. The number of hydrogen-bond acceptors (Lipinski definition) is 6. The molecule has 0 radical (unpaired) electrons. The molecule has 286 valence electrons. The van der Waals surface area contributed by atoms with Crippen LogP contribution in [0.4, 0.5) is 0 Å². The van der Waals surface area contributed by atoms with Gasteiger partial charge in [0.25, 0.3) is 0 Å². The summed E-state index contributed by atoms with van der Waals surface area (Å²) in [4.78, 5) is 40.6. The minimum absolute atomic E-state index is 0.0287. The van der Waals surface area contributed by atoms with E-state index in [9.17, 15) is 14.4 Å². The highest BCUT2D eigenvalue weighted by Gasteiger charge is 2.26. The van der Waals surface area contributed by atoms with Crippen molar-refractivity contribution in [2.45, 2.75) is 168 Å². The van der Waals surface area contributed by atoms with Gasteiger partial charge in [0.1, 0.15) is 5.75 Å². The molecule has 3 rings (SSSR count). The molecule has 2 aromatic rings. The highest BCUT2D eigenvalue weighted by molar-refractivity contribution is 7.09. The molecule has 0 bridgehead atoms. The van der Waals surface area contributed by atoms with Gasteiger partial charge in [-0.3, -0.25) is 19.3 Å². The first-order chi connectivity index (χ1) is 25.0. The summed E-state index contributed by atoms with van der Waals surface area (Å²) in [6, 6.07) is 11.0. The predicted octanol–water partition coefficient (Wildman–Crippen LogP) is 9.74. The molecule has 1 aliphatic carbocycles. The van der Waals surface area contributed by atoms with Gasteiger partial charge in [0.05, 0.1) is 6.42 Å². The van der Waals surface area contributed by atoms with Crippen molar-refractivity contribution in [3.8, 4) is 5.75 Å². The maximum Gasteiger partial charge on any atom is 0.312 e. The fourth-order valence-electron chi connectivity index (χ4n) is 7.35. The average Bonchev–Trinajstić information content (AvgIpc) is 3.65. The summed E-state index contributed by atoms with van der Waals surface area (Å²) in [5.41, 5.74) is 2.47. The summed E-state index contributed by atoms with van der Waals surface area (Å²) in [7, 11) is 0. The molecule has 0 spiro atoms. The average molecular weight is 724 g/mol. The van der Waals surface area contributed by atoms with Gasteiger partial charge in [-0.05, 0) is 87.1 Å². The minimum atomic E-state index is -0.282. The van der Waals surface area contributed by atoms with Crippen molar-refractivity contribution in [2.75, 3.05) is 26.2 Å². The number of hydrogen-bond donors (Lipinski definition) is 2. The Bertz CT molecular complexity index is 1230. The monoisotopic (exact) mass is 724 g/mol. The summed E-state index contributed by atoms with van der Waals surface area (Å²) in [6.45, 7) is 7.47. The van der Waals surface area contributed by atoms with Crippen LogP contribution in [-0.4, -0.2) is 54.9 Å². The van der Waals surface area contributed by atoms with Crippen LogP contribution in [0.25, 0.3) is 0 Å². The van der Waals surface area contributed by atoms with Crippen LogP contribution >= 0.6 is 11.3 Å². The molecule has 1 atom stereocenters. The third-order valence-corrected chi connectivity index (χ3v) is 11.2. The number of carbonyl (C=O) groups excluding carboxylic acids is 3. The van der Waals surface area contributed by atoms with E-state index in [2.05, 4.69) is 46.0 Å². The van der Waals surface area contributed by atoms with Gasteiger partial charge in [0, 0.05) is 43.4 Å². The van der Waals surface area contributed by atoms with Crippen molar-refractivity contribution in [1.82, 2.24) is 15.5 Å². The van der Waals surface area contributed by atoms with Gasteiger partial charge >= 0.3 is 5.97 Å². The Kier molecular flexibility index (Phi) is 22.6. The lowest BCUT2D eigenvalue weighted by Gasteiger charge is -2.35. The lowest BCUT2D eigenvalue weighted by Crippen LogP contribution is -2.41. The highest BCUT2D eigenvalue weighted by atomic mass is 32.1. The Morgan fingerprint density at radius 1 is 0.745 bits per heavy atom. The second kappa shape index (κ2) is 27.0. The van der Waals surface area contributed by atoms with E-state index in [0.29, 0.717) is 31.2 Å². The van der Waals surface area contributed by atoms with E-state index in [0.717, 1.165) is 71.0 Å². The van der Waals surface area contributed by atoms with Gasteiger partial charge in [-0.25, -0.2) is 0 Å². The van der Waals surface area contributed by atoms with Crippen LogP contribution in [0, 0.1) is 0 Å². The van der Waals surface area contributed by atoms with Crippen LogP contribution < -0.4 is 15.4 Å². The second-order valence-electron chi connectivity index (χ2n) is 14.5. The van der Waals surface area contributed by atoms with Crippen LogP contribution in [0.3, 0.4) is 0 Å². The summed E-state index contributed by atoms with van der Waals surface area (Å²) in [6.07, 6.45) is 25.1. The van der Waals surface area contributed by atoms with Gasteiger partial charge < -0.3 is 15.4 Å². The lowest BCUT2D eigenvalue weighted by molar-refractivity contribution is -0.134. The number of rotatable bonds is 29. The fourth-order valence-corrected chi connectivity index (χ4v) is 8.05. The molecule has 7 nitrogen and oxygen atoms in total. The van der Waals surface area contributed by atoms with Crippen LogP contribution in [0.15, 0.2) is 35.7 Å². The van der Waals surface area contributed by atoms with Crippen molar-refractivity contribution < 1.29 is 19.1 Å². The summed E-state index contributed by atoms with van der Waals surface area (Å²) in [5.74, 6) is 0.631. The molecule has 8 heteroatoms. The maximum absolute atomic E-state index is 12.7. The molecule has 2 N–H and O–H groups in total. The molecule has 1 aliphatic rings. The molecule has 0 aliphatic heterocycles. The number of unbranched alkanes of at least 4 members (excludes halogenated alkanes) is 14. The third-order valence-electron chi connectivity index (χ3n) is 10.2. The number of ether oxygens (including phenoxy) is 1. The standard InChI is InChI=1S/C43H69N3O4S/c1-3-32-46(33-30-38-23-21-34-51-38)37-27-28-39-36(35-37)22-20-24-40(39)50-43(49)29-31-45-42(48)26-19-17-15-13-11-9-7-5-6-8-10-12-14-16-18-25-41(47)44-4-2/h20-24,34,37H,3-19,25-33,35H2,1-2H3,(H,44,47)(H,45,48). The molecule has 0 fully saturated rings. The van der Waals surface area contributed by atoms with Crippen LogP contribution in [0.5, 0.6) is 5.75 Å². The number of benzene rings is 1. The number of thiophene rings is 1. The van der Waals surface area contributed by atoms with E-state index in [1.54, 1.807) is 0 Å². The fraction of sp³-hybridized carbons (Fsp3) is 0.698. The topological polar surface area (TPSA) is 87.7 Å². The second-order valence-corrected chi connectivity index (χ2v) is 15.5. The van der Waals surface area contributed by atoms with E-state index in [1.807, 2.05) is 30.4 Å². The van der Waals surface area contributed by atoms with Gasteiger partial charge in [-0.1, -0.05) is 109 Å². The molecule has 1 aromatic heterocycles. The molecule has 0 saturated heterocycles. The number of nitrogens with zero attached hydrogens (tertiary/aromatic N) is 1. The molecular weight excluding hydrogens is 655 g/mol. The zero-order chi connectivity index (χ0) is 36.4. The number of fused-ring (bicyclic) bond motifs is 1. The van der Waals surface area contributed by atoms with Crippen molar-refractivity contribution in [3.63, 3.8) is 0 Å². The van der Waals surface area contributed by atoms with E-state index in [4.69, 9.17) is 4.74 Å². The Morgan fingerprint density at radius 2 is 1.35 bits per heavy atom. The number of nitrogens with one attached hydrogen (secondary N) is 2. The van der Waals surface area contributed by atoms with Crippen LogP contribution in [0.1, 0.15) is 158 Å². The molecule has 1 heterocycles. The van der Waals surface area contributed by atoms with E-state index in [-0.39, 0.29) is 24.2 Å². The van der Waals surface area contributed by atoms with Crippen molar-refractivity contribution in [3.05, 3.63) is 51.7 Å². The normalized spacial score (nSPS) is 14.0. The Balaban J connectivity index is 1.15. The first-order valence-corrected chi connectivity index (χ1v) is 21.5. The van der Waals surface area contributed by atoms with E-state index < -0.39 is 0 Å². The number of esters is 1. The van der Waals surface area contributed by atoms with Gasteiger partial charge in [-0.15, -0.1) is 11.3 Å². The first kappa shape index (κ1) is 42.7. The van der Waals surface area contributed by atoms with Gasteiger partial charge in [0.15, 0.2) is 0 Å². The molecule has 1 aromatic carbocycles. The van der Waals surface area contributed by atoms with Gasteiger partial charge in [-0.2, -0.15) is 0 Å². The lowest BCUT2D eigenvalue weighted by atomic mass is 9.86. The Morgan fingerprint density at radius 3 is 1.92 bits per heavy atom. The third kappa shape index (κ3) is 18.6. The zero-order valence-corrected chi connectivity index (χ0v) is 32.9. The SMILES string of the molecule is CCCN(CCc1cccs1)C1CCc2c(cccc2OC(=O)CCNC(=O)CCCCCCCCCCCCCCCCCC(=O)NCC)C1. The molecule has 0 saturated carbocycles. The van der Waals surface area contributed by atoms with Gasteiger partial charge in [0.2, 0.25) is 11.8 Å². The zero-order valence-electron chi connectivity index (χ0n) is 32.1. The van der Waals surface area contributed by atoms with Crippen molar-refractivity contribution >= 4 is 29.1 Å². The summed E-state index contributed by atoms with van der Waals surface area (Å²) in [5, 5.41) is 7.94. The summed E-state index contributed by atoms with van der Waals surface area (Å²) >= 11 is 1.84. The van der Waals surface area contributed by atoms with E-state index >= 15 is 0 Å². The molecule has 2 amide bonds. The molecule has 1 unspecified atom stereocenters. The maximum atomic E-state index is 12.7. The molecular formula is C43H69N3O4S. The first-order valence-electron chi connectivity index (χ1n) is 20.6. The predicted molar refractivity (Wildman–Crippen MR) is 213 cm³/mol. The summed E-state index contributed by atoms with van der Waals surface area (Å²) < 4.78 is 5.83. The van der Waals surface area contributed by atoms with Crippen molar-refractivity contribution in [2.24, 2.45) is 0 Å². The van der Waals surface area contributed by atoms with Crippen LogP contribution in [-0.2, 0) is 33.6 Å². The largest absolute Gasteiger partial charge is 0.426 e. The minimum Gasteiger partial charge on any atom is -0.426 e. The Hall–Kier alpha value is -2.71. The van der Waals surface area contributed by atoms with E-state index in [1.165, 1.54) is 93.1 Å². The number of carbonyl (C=O) groups is 3. The Labute approximate surface area is 314 Å². The van der Waals surface area contributed by atoms with Crippen molar-refractivity contribution in [1.29, 1.82) is 0 Å². The highest BCUT2D eigenvalue weighted by Crippen LogP contribution is 2.32. The van der Waals surface area contributed by atoms with Crippen LogP contribution in [0.2, 0.25) is 0 Å². The number of amides is 2. The smallest absolute Gasteiger partial charge is 0.312 e.